The third-order valence-electron chi connectivity index (χ3n) is 5.48. The Morgan fingerprint density at radius 3 is 2.53 bits per heavy atom. The molecule has 3 aliphatic heterocycles. The van der Waals surface area contributed by atoms with Gasteiger partial charge in [0.15, 0.2) is 0 Å². The molecule has 0 radical (unpaired) electrons. The van der Waals surface area contributed by atoms with Crippen molar-refractivity contribution in [2.24, 2.45) is 11.8 Å². The molecule has 2 aliphatic carbocycles. The Bertz CT molecular complexity index is 597. The normalized spacial score (nSPS) is 58.4. The Morgan fingerprint density at radius 2 is 1.63 bits per heavy atom. The average Bonchev–Trinajstić information content (AvgIpc) is 3.31. The van der Waals surface area contributed by atoms with Crippen molar-refractivity contribution in [2.75, 3.05) is 0 Å². The molecule has 19 heavy (non-hydrogen) atoms. The van der Waals surface area contributed by atoms with Crippen LogP contribution in [-0.4, -0.2) is 30.5 Å². The Hall–Kier alpha value is -1.16. The van der Waals surface area contributed by atoms with Gasteiger partial charge in [-0.2, -0.15) is 0 Å². The first-order valence-corrected chi connectivity index (χ1v) is 7.12. The fraction of sp³-hybridized carbons (Fsp3) is 0.500. The molecule has 0 spiro atoms. The summed E-state index contributed by atoms with van der Waals surface area (Å²) >= 11 is 0. The van der Waals surface area contributed by atoms with Crippen molar-refractivity contribution < 1.29 is 14.2 Å². The van der Waals surface area contributed by atoms with Crippen LogP contribution in [0.3, 0.4) is 0 Å². The van der Waals surface area contributed by atoms with Gasteiger partial charge in [-0.15, -0.1) is 0 Å². The second-order valence-corrected chi connectivity index (χ2v) is 6.32. The first-order valence-electron chi connectivity index (χ1n) is 7.12. The molecule has 0 aromatic heterocycles. The zero-order valence-electron chi connectivity index (χ0n) is 10.3. The molecular formula is C16H14O3. The van der Waals surface area contributed by atoms with Gasteiger partial charge in [-0.1, -0.05) is 42.5 Å². The summed E-state index contributed by atoms with van der Waals surface area (Å²) in [5.74, 6) is 0.762. The van der Waals surface area contributed by atoms with Gasteiger partial charge in [0.05, 0.1) is 12.2 Å². The highest BCUT2D eigenvalue weighted by Crippen LogP contribution is 2.67. The van der Waals surface area contributed by atoms with E-state index < -0.39 is 0 Å². The second-order valence-electron chi connectivity index (χ2n) is 6.32. The number of rotatable bonds is 1. The van der Waals surface area contributed by atoms with Crippen molar-refractivity contribution in [3.63, 3.8) is 0 Å². The van der Waals surface area contributed by atoms with E-state index in [1.807, 2.05) is 0 Å². The average molecular weight is 254 g/mol. The number of epoxide rings is 3. The number of hydrogen-bond donors (Lipinski definition) is 0. The fourth-order valence-corrected chi connectivity index (χ4v) is 4.46. The Kier molecular flexibility index (Phi) is 1.43. The van der Waals surface area contributed by atoms with Gasteiger partial charge >= 0.3 is 0 Å². The van der Waals surface area contributed by atoms with Crippen LogP contribution in [0.2, 0.25) is 0 Å². The molecule has 0 N–H and O–H groups in total. The van der Waals surface area contributed by atoms with Crippen molar-refractivity contribution >= 4 is 0 Å². The van der Waals surface area contributed by atoms with Crippen molar-refractivity contribution in [3.8, 4) is 0 Å². The van der Waals surface area contributed by atoms with Crippen LogP contribution in [0, 0.1) is 11.8 Å². The monoisotopic (exact) mass is 254 g/mol. The van der Waals surface area contributed by atoms with E-state index in [0.717, 1.165) is 0 Å². The molecule has 5 aliphatic rings. The summed E-state index contributed by atoms with van der Waals surface area (Å²) in [5.41, 5.74) is 1.16. The minimum atomic E-state index is -0.142. The summed E-state index contributed by atoms with van der Waals surface area (Å²) < 4.78 is 18.0. The summed E-state index contributed by atoms with van der Waals surface area (Å²) in [5, 5.41) is 0. The van der Waals surface area contributed by atoms with Crippen LogP contribution in [0.5, 0.6) is 0 Å². The van der Waals surface area contributed by atoms with Crippen molar-refractivity contribution in [3.05, 3.63) is 48.0 Å². The molecule has 4 fully saturated rings. The van der Waals surface area contributed by atoms with Crippen molar-refractivity contribution in [1.82, 2.24) is 0 Å². The molecule has 1 saturated carbocycles. The van der Waals surface area contributed by atoms with Gasteiger partial charge in [0.25, 0.3) is 0 Å². The predicted octanol–water partition coefficient (Wildman–Crippen LogP) is 1.63. The molecule has 96 valence electrons. The number of ether oxygens (including phenoxy) is 3. The topological polar surface area (TPSA) is 37.6 Å². The van der Waals surface area contributed by atoms with Gasteiger partial charge in [0.1, 0.15) is 23.9 Å². The van der Waals surface area contributed by atoms with E-state index in [0.29, 0.717) is 30.1 Å². The standard InChI is InChI=1S/C16H14O3/c1-2-4-8(5-3-1)16-10-7-6-9(15(16)19-16)11-13(17-11)14-12(10)18-14/h1-7,9-15H. The summed E-state index contributed by atoms with van der Waals surface area (Å²) in [4.78, 5) is 0. The highest BCUT2D eigenvalue weighted by Gasteiger charge is 2.78. The molecule has 3 heteroatoms. The van der Waals surface area contributed by atoms with Crippen LogP contribution in [-0.2, 0) is 19.8 Å². The quantitative estimate of drug-likeness (QED) is 0.564. The molecule has 8 unspecified atom stereocenters. The van der Waals surface area contributed by atoms with Crippen LogP contribution in [0.25, 0.3) is 0 Å². The predicted molar refractivity (Wildman–Crippen MR) is 66.4 cm³/mol. The van der Waals surface area contributed by atoms with Crippen LogP contribution in [0.15, 0.2) is 42.5 Å². The van der Waals surface area contributed by atoms with Crippen molar-refractivity contribution in [2.45, 2.75) is 36.1 Å². The molecule has 3 saturated heterocycles. The summed E-state index contributed by atoms with van der Waals surface area (Å²) in [6.07, 6.45) is 6.18. The van der Waals surface area contributed by atoms with E-state index in [4.69, 9.17) is 14.2 Å². The van der Waals surface area contributed by atoms with Gasteiger partial charge < -0.3 is 14.2 Å². The van der Waals surface area contributed by atoms with Gasteiger partial charge in [0.2, 0.25) is 0 Å². The lowest BCUT2D eigenvalue weighted by Crippen LogP contribution is -2.38. The molecule has 8 atom stereocenters. The molecule has 2 bridgehead atoms. The largest absolute Gasteiger partial charge is 0.366 e. The summed E-state index contributed by atoms with van der Waals surface area (Å²) in [6.45, 7) is 0. The third kappa shape index (κ3) is 1.00. The minimum Gasteiger partial charge on any atom is -0.366 e. The van der Waals surface area contributed by atoms with Gasteiger partial charge in [-0.05, 0) is 5.56 Å². The summed E-state index contributed by atoms with van der Waals surface area (Å²) in [6, 6.07) is 10.6. The Labute approximate surface area is 111 Å². The van der Waals surface area contributed by atoms with Crippen LogP contribution in [0.1, 0.15) is 5.56 Å². The zero-order chi connectivity index (χ0) is 12.2. The highest BCUT2D eigenvalue weighted by atomic mass is 16.7. The summed E-state index contributed by atoms with van der Waals surface area (Å²) in [7, 11) is 0. The fourth-order valence-electron chi connectivity index (χ4n) is 4.46. The maximum Gasteiger partial charge on any atom is 0.129 e. The highest BCUT2D eigenvalue weighted by molar-refractivity contribution is 5.40. The van der Waals surface area contributed by atoms with E-state index in [9.17, 15) is 0 Å². The lowest BCUT2D eigenvalue weighted by Gasteiger charge is -2.27. The lowest BCUT2D eigenvalue weighted by atomic mass is 9.70. The zero-order valence-corrected chi connectivity index (χ0v) is 10.3. The van der Waals surface area contributed by atoms with Gasteiger partial charge in [-0.25, -0.2) is 0 Å². The molecule has 3 heterocycles. The van der Waals surface area contributed by atoms with E-state index in [-0.39, 0.29) is 17.8 Å². The molecule has 0 amide bonds. The van der Waals surface area contributed by atoms with Crippen LogP contribution < -0.4 is 0 Å². The number of benzene rings is 1. The first kappa shape index (κ1) is 9.70. The molecule has 1 aromatic carbocycles. The van der Waals surface area contributed by atoms with Gasteiger partial charge in [0, 0.05) is 11.8 Å². The van der Waals surface area contributed by atoms with E-state index in [1.165, 1.54) is 5.56 Å². The van der Waals surface area contributed by atoms with Crippen LogP contribution >= 0.6 is 0 Å². The maximum absolute atomic E-state index is 6.27. The molecule has 3 nitrogen and oxygen atoms in total. The molecule has 6 rings (SSSR count). The van der Waals surface area contributed by atoms with E-state index >= 15 is 0 Å². The van der Waals surface area contributed by atoms with Gasteiger partial charge in [-0.3, -0.25) is 0 Å². The maximum atomic E-state index is 6.27. The van der Waals surface area contributed by atoms with Crippen molar-refractivity contribution in [1.29, 1.82) is 0 Å². The number of hydrogen-bond acceptors (Lipinski definition) is 3. The number of fused-ring (bicyclic) bond motifs is 5. The van der Waals surface area contributed by atoms with E-state index in [1.54, 1.807) is 0 Å². The Balaban J connectivity index is 1.53. The minimum absolute atomic E-state index is 0.142. The van der Waals surface area contributed by atoms with Crippen LogP contribution in [0.4, 0.5) is 0 Å². The molecular weight excluding hydrogens is 240 g/mol. The first-order chi connectivity index (χ1) is 9.39. The lowest BCUT2D eigenvalue weighted by molar-refractivity contribution is 0.210. The third-order valence-corrected chi connectivity index (χ3v) is 5.48. The SMILES string of the molecule is C1=CC2C3OC3C3OC3C1C1OC21c1ccccc1. The smallest absolute Gasteiger partial charge is 0.129 e. The Morgan fingerprint density at radius 1 is 0.842 bits per heavy atom. The molecule has 1 aromatic rings. The van der Waals surface area contributed by atoms with E-state index in [2.05, 4.69) is 42.5 Å². The second kappa shape index (κ2) is 2.80.